The summed E-state index contributed by atoms with van der Waals surface area (Å²) in [4.78, 5) is 25.3. The van der Waals surface area contributed by atoms with Gasteiger partial charge in [0.15, 0.2) is 0 Å². The number of hydrogen-bond acceptors (Lipinski definition) is 5. The van der Waals surface area contributed by atoms with E-state index in [1.165, 1.54) is 14.1 Å². The third-order valence-electron chi connectivity index (χ3n) is 3.13. The first kappa shape index (κ1) is 13.9. The number of nitrogens with two attached hydrogens (primary N) is 1. The SMILES string of the molecule is CN(Cc1ccccc1N)c1nn(C)c(=O)n(C)c1=O. The van der Waals surface area contributed by atoms with Gasteiger partial charge in [-0.05, 0) is 11.6 Å². The van der Waals surface area contributed by atoms with Crippen LogP contribution in [0.2, 0.25) is 0 Å². The van der Waals surface area contributed by atoms with Crippen molar-refractivity contribution in [1.82, 2.24) is 14.3 Å². The number of aromatic nitrogens is 3. The lowest BCUT2D eigenvalue weighted by Gasteiger charge is -2.19. The summed E-state index contributed by atoms with van der Waals surface area (Å²) in [5, 5.41) is 4.01. The van der Waals surface area contributed by atoms with Crippen LogP contribution >= 0.6 is 0 Å². The first-order valence-corrected chi connectivity index (χ1v) is 6.10. The Morgan fingerprint density at radius 1 is 1.25 bits per heavy atom. The summed E-state index contributed by atoms with van der Waals surface area (Å²) in [5.74, 6) is 0.206. The largest absolute Gasteiger partial charge is 0.398 e. The highest BCUT2D eigenvalue weighted by atomic mass is 16.2. The third kappa shape index (κ3) is 2.42. The smallest absolute Gasteiger partial charge is 0.346 e. The van der Waals surface area contributed by atoms with Gasteiger partial charge >= 0.3 is 5.69 Å². The molecule has 0 saturated carbocycles. The van der Waals surface area contributed by atoms with Crippen molar-refractivity contribution in [3.8, 4) is 0 Å². The molecule has 2 aromatic rings. The fourth-order valence-electron chi connectivity index (χ4n) is 1.93. The second kappa shape index (κ2) is 5.20. The van der Waals surface area contributed by atoms with Gasteiger partial charge in [-0.2, -0.15) is 0 Å². The molecule has 106 valence electrons. The van der Waals surface area contributed by atoms with E-state index in [-0.39, 0.29) is 5.82 Å². The zero-order valence-corrected chi connectivity index (χ0v) is 11.7. The summed E-state index contributed by atoms with van der Waals surface area (Å²) in [7, 11) is 4.68. The van der Waals surface area contributed by atoms with Gasteiger partial charge in [0, 0.05) is 33.4 Å². The predicted octanol–water partition coefficient (Wildman–Crippen LogP) is -0.302. The van der Waals surface area contributed by atoms with Gasteiger partial charge in [0.2, 0.25) is 5.82 Å². The lowest BCUT2D eigenvalue weighted by atomic mass is 10.2. The van der Waals surface area contributed by atoms with E-state index in [2.05, 4.69) is 5.10 Å². The van der Waals surface area contributed by atoms with Crippen LogP contribution < -0.4 is 21.9 Å². The second-order valence-corrected chi connectivity index (χ2v) is 4.65. The molecule has 0 aliphatic heterocycles. The lowest BCUT2D eigenvalue weighted by molar-refractivity contribution is 0.594. The van der Waals surface area contributed by atoms with Crippen molar-refractivity contribution in [2.45, 2.75) is 6.54 Å². The Morgan fingerprint density at radius 3 is 2.55 bits per heavy atom. The molecule has 1 aromatic heterocycles. The van der Waals surface area contributed by atoms with E-state index in [0.717, 1.165) is 14.8 Å². The van der Waals surface area contributed by atoms with E-state index >= 15 is 0 Å². The maximum Gasteiger partial charge on any atom is 0.346 e. The average molecular weight is 275 g/mol. The molecule has 1 aromatic carbocycles. The van der Waals surface area contributed by atoms with Crippen molar-refractivity contribution >= 4 is 11.5 Å². The van der Waals surface area contributed by atoms with Crippen LogP contribution in [-0.2, 0) is 20.6 Å². The molecule has 0 unspecified atom stereocenters. The molecule has 7 nitrogen and oxygen atoms in total. The summed E-state index contributed by atoms with van der Waals surface area (Å²) in [5.41, 5.74) is 6.55. The van der Waals surface area contributed by atoms with Crippen molar-refractivity contribution in [3.05, 3.63) is 50.7 Å². The summed E-state index contributed by atoms with van der Waals surface area (Å²) < 4.78 is 2.18. The monoisotopic (exact) mass is 275 g/mol. The molecule has 0 radical (unpaired) electrons. The minimum absolute atomic E-state index is 0.206. The molecular formula is C13H17N5O2. The average Bonchev–Trinajstić information content (AvgIpc) is 2.43. The maximum atomic E-state index is 12.1. The van der Waals surface area contributed by atoms with E-state index in [9.17, 15) is 9.59 Å². The number of nitrogen functional groups attached to an aromatic ring is 1. The van der Waals surface area contributed by atoms with Crippen molar-refractivity contribution in [2.75, 3.05) is 17.7 Å². The van der Waals surface area contributed by atoms with Crippen LogP contribution in [0, 0.1) is 0 Å². The van der Waals surface area contributed by atoms with Crippen molar-refractivity contribution in [1.29, 1.82) is 0 Å². The number of hydrogen-bond donors (Lipinski definition) is 1. The van der Waals surface area contributed by atoms with Gasteiger partial charge < -0.3 is 10.6 Å². The molecule has 0 aliphatic carbocycles. The van der Waals surface area contributed by atoms with Crippen LogP contribution in [0.3, 0.4) is 0 Å². The first-order chi connectivity index (χ1) is 9.41. The first-order valence-electron chi connectivity index (χ1n) is 6.10. The Hall–Kier alpha value is -2.57. The molecule has 0 atom stereocenters. The number of nitrogens with zero attached hydrogens (tertiary/aromatic N) is 4. The van der Waals surface area contributed by atoms with Gasteiger partial charge in [0.1, 0.15) is 0 Å². The molecule has 2 rings (SSSR count). The Morgan fingerprint density at radius 2 is 1.90 bits per heavy atom. The van der Waals surface area contributed by atoms with Crippen LogP contribution in [0.1, 0.15) is 5.56 Å². The molecule has 20 heavy (non-hydrogen) atoms. The van der Waals surface area contributed by atoms with E-state index < -0.39 is 11.2 Å². The van der Waals surface area contributed by atoms with Crippen LogP contribution in [0.4, 0.5) is 11.5 Å². The van der Waals surface area contributed by atoms with Crippen molar-refractivity contribution in [3.63, 3.8) is 0 Å². The summed E-state index contributed by atoms with van der Waals surface area (Å²) in [6.07, 6.45) is 0. The van der Waals surface area contributed by atoms with Crippen molar-refractivity contribution in [2.24, 2.45) is 14.1 Å². The molecule has 7 heteroatoms. The molecule has 0 amide bonds. The summed E-state index contributed by atoms with van der Waals surface area (Å²) in [6, 6.07) is 7.42. The predicted molar refractivity (Wildman–Crippen MR) is 77.7 cm³/mol. The van der Waals surface area contributed by atoms with Gasteiger partial charge in [-0.25, -0.2) is 9.48 Å². The summed E-state index contributed by atoms with van der Waals surface area (Å²) >= 11 is 0. The third-order valence-corrected chi connectivity index (χ3v) is 3.13. The van der Waals surface area contributed by atoms with Crippen LogP contribution in [0.15, 0.2) is 33.9 Å². The van der Waals surface area contributed by atoms with E-state index in [1.54, 1.807) is 18.0 Å². The van der Waals surface area contributed by atoms with Gasteiger partial charge in [0.25, 0.3) is 5.56 Å². The minimum Gasteiger partial charge on any atom is -0.398 e. The second-order valence-electron chi connectivity index (χ2n) is 4.65. The Balaban J connectivity index is 2.40. The van der Waals surface area contributed by atoms with Crippen LogP contribution in [0.5, 0.6) is 0 Å². The highest BCUT2D eigenvalue weighted by Crippen LogP contribution is 2.14. The Bertz CT molecular complexity index is 747. The normalized spacial score (nSPS) is 10.6. The molecule has 0 fully saturated rings. The van der Waals surface area contributed by atoms with E-state index in [1.807, 2.05) is 18.2 Å². The topological polar surface area (TPSA) is 86.2 Å². The molecule has 0 aliphatic rings. The molecule has 1 heterocycles. The fraction of sp³-hybridized carbons (Fsp3) is 0.308. The van der Waals surface area contributed by atoms with Gasteiger partial charge in [-0.15, -0.1) is 5.10 Å². The highest BCUT2D eigenvalue weighted by molar-refractivity contribution is 5.48. The number of rotatable bonds is 3. The highest BCUT2D eigenvalue weighted by Gasteiger charge is 2.14. The van der Waals surface area contributed by atoms with Crippen molar-refractivity contribution < 1.29 is 0 Å². The quantitative estimate of drug-likeness (QED) is 0.777. The Labute approximate surface area is 115 Å². The standard InChI is InChI=1S/C13H17N5O2/c1-16(8-9-6-4-5-7-10(9)14)11-12(19)17(2)13(20)18(3)15-11/h4-7H,8,14H2,1-3H3. The zero-order chi connectivity index (χ0) is 14.9. The Kier molecular flexibility index (Phi) is 3.60. The number of aryl methyl sites for hydroxylation is 1. The number of anilines is 2. The van der Waals surface area contributed by atoms with Gasteiger partial charge in [0.05, 0.1) is 0 Å². The lowest BCUT2D eigenvalue weighted by Crippen LogP contribution is -2.42. The molecule has 2 N–H and O–H groups in total. The van der Waals surface area contributed by atoms with E-state index in [0.29, 0.717) is 12.2 Å². The van der Waals surface area contributed by atoms with Crippen LogP contribution in [0.25, 0.3) is 0 Å². The van der Waals surface area contributed by atoms with E-state index in [4.69, 9.17) is 5.73 Å². The zero-order valence-electron chi connectivity index (χ0n) is 11.7. The van der Waals surface area contributed by atoms with Gasteiger partial charge in [-0.1, -0.05) is 18.2 Å². The molecule has 0 bridgehead atoms. The number of para-hydroxylation sites is 1. The number of benzene rings is 1. The molecular weight excluding hydrogens is 258 g/mol. The maximum absolute atomic E-state index is 12.1. The summed E-state index contributed by atoms with van der Waals surface area (Å²) in [6.45, 7) is 0.438. The minimum atomic E-state index is -0.452. The van der Waals surface area contributed by atoms with Gasteiger partial charge in [-0.3, -0.25) is 9.36 Å². The molecule has 0 spiro atoms. The van der Waals surface area contributed by atoms with Crippen LogP contribution in [-0.4, -0.2) is 21.4 Å². The fourth-order valence-corrected chi connectivity index (χ4v) is 1.93. The molecule has 0 saturated heterocycles.